The van der Waals surface area contributed by atoms with Gasteiger partial charge in [0.15, 0.2) is 0 Å². The van der Waals surface area contributed by atoms with E-state index in [1.54, 1.807) is 0 Å². The van der Waals surface area contributed by atoms with Crippen molar-refractivity contribution in [1.29, 1.82) is 0 Å². The predicted molar refractivity (Wildman–Crippen MR) is 82.3 cm³/mol. The number of ketones is 1. The van der Waals surface area contributed by atoms with Crippen LogP contribution in [0.5, 0.6) is 0 Å². The molecule has 0 heterocycles. The highest BCUT2D eigenvalue weighted by atomic mass is 16.1. The van der Waals surface area contributed by atoms with Crippen molar-refractivity contribution in [3.8, 4) is 0 Å². The van der Waals surface area contributed by atoms with Crippen LogP contribution in [0.15, 0.2) is 0 Å². The molecule has 1 rings (SSSR count). The van der Waals surface area contributed by atoms with E-state index in [9.17, 15) is 4.79 Å². The van der Waals surface area contributed by atoms with Crippen LogP contribution in [0.3, 0.4) is 0 Å². The molecule has 0 aliphatic heterocycles. The first-order valence-corrected chi connectivity index (χ1v) is 8.26. The third-order valence-electron chi connectivity index (χ3n) is 4.87. The molecule has 0 aromatic heterocycles. The standard InChI is InChI=1S/C17H33NO/c1-6-8-9-18(15(5)7-2)12-16-14(4)10-13(3)11-17(16)19/h13-16H,6-12H2,1-5H3. The van der Waals surface area contributed by atoms with E-state index in [2.05, 4.69) is 39.5 Å². The van der Waals surface area contributed by atoms with Crippen LogP contribution in [0.2, 0.25) is 0 Å². The molecule has 1 saturated carbocycles. The van der Waals surface area contributed by atoms with Gasteiger partial charge >= 0.3 is 0 Å². The fourth-order valence-corrected chi connectivity index (χ4v) is 3.34. The summed E-state index contributed by atoms with van der Waals surface area (Å²) in [5.41, 5.74) is 0. The summed E-state index contributed by atoms with van der Waals surface area (Å²) in [4.78, 5) is 14.9. The Hall–Kier alpha value is -0.370. The smallest absolute Gasteiger partial charge is 0.137 e. The van der Waals surface area contributed by atoms with Crippen molar-refractivity contribution in [3.05, 3.63) is 0 Å². The van der Waals surface area contributed by atoms with Gasteiger partial charge in [-0.25, -0.2) is 0 Å². The van der Waals surface area contributed by atoms with Crippen LogP contribution < -0.4 is 0 Å². The highest BCUT2D eigenvalue weighted by Crippen LogP contribution is 2.32. The van der Waals surface area contributed by atoms with Crippen LogP contribution in [-0.4, -0.2) is 29.8 Å². The normalized spacial score (nSPS) is 29.8. The Morgan fingerprint density at radius 1 is 1.32 bits per heavy atom. The van der Waals surface area contributed by atoms with E-state index in [1.165, 1.54) is 25.7 Å². The van der Waals surface area contributed by atoms with Crippen LogP contribution in [0, 0.1) is 17.8 Å². The minimum absolute atomic E-state index is 0.280. The van der Waals surface area contributed by atoms with Gasteiger partial charge in [0.2, 0.25) is 0 Å². The van der Waals surface area contributed by atoms with E-state index in [0.29, 0.717) is 23.7 Å². The summed E-state index contributed by atoms with van der Waals surface area (Å²) < 4.78 is 0. The molecule has 0 amide bonds. The van der Waals surface area contributed by atoms with E-state index in [0.717, 1.165) is 19.5 Å². The van der Waals surface area contributed by atoms with Crippen LogP contribution in [0.4, 0.5) is 0 Å². The van der Waals surface area contributed by atoms with E-state index < -0.39 is 0 Å². The molecule has 0 N–H and O–H groups in total. The molecule has 1 aliphatic carbocycles. The summed E-state index contributed by atoms with van der Waals surface area (Å²) in [6.07, 6.45) is 5.68. The lowest BCUT2D eigenvalue weighted by Crippen LogP contribution is -2.43. The molecule has 2 nitrogen and oxygen atoms in total. The number of carbonyl (C=O) groups excluding carboxylic acids is 1. The molecule has 4 unspecified atom stereocenters. The quantitative estimate of drug-likeness (QED) is 0.691. The number of unbranched alkanes of at least 4 members (excludes halogenated alkanes) is 1. The van der Waals surface area contributed by atoms with E-state index in [1.807, 2.05) is 0 Å². The molecule has 0 radical (unpaired) electrons. The fourth-order valence-electron chi connectivity index (χ4n) is 3.34. The summed E-state index contributed by atoms with van der Waals surface area (Å²) >= 11 is 0. The summed E-state index contributed by atoms with van der Waals surface area (Å²) in [7, 11) is 0. The van der Waals surface area contributed by atoms with Gasteiger partial charge in [0, 0.05) is 24.9 Å². The highest BCUT2D eigenvalue weighted by Gasteiger charge is 2.33. The molecule has 1 aliphatic rings. The Bertz CT molecular complexity index is 276. The van der Waals surface area contributed by atoms with E-state index >= 15 is 0 Å². The molecule has 19 heavy (non-hydrogen) atoms. The van der Waals surface area contributed by atoms with Crippen molar-refractivity contribution in [1.82, 2.24) is 4.90 Å². The maximum atomic E-state index is 12.3. The van der Waals surface area contributed by atoms with Gasteiger partial charge in [0.25, 0.3) is 0 Å². The molecule has 112 valence electrons. The van der Waals surface area contributed by atoms with Gasteiger partial charge in [0.05, 0.1) is 0 Å². The van der Waals surface area contributed by atoms with Gasteiger partial charge in [-0.1, -0.05) is 34.1 Å². The van der Waals surface area contributed by atoms with Crippen LogP contribution in [0.1, 0.15) is 66.7 Å². The van der Waals surface area contributed by atoms with Gasteiger partial charge in [-0.2, -0.15) is 0 Å². The van der Waals surface area contributed by atoms with Crippen LogP contribution in [-0.2, 0) is 4.79 Å². The predicted octanol–water partition coefficient (Wildman–Crippen LogP) is 4.14. The summed E-state index contributed by atoms with van der Waals surface area (Å²) in [5, 5.41) is 0. The van der Waals surface area contributed by atoms with Crippen molar-refractivity contribution < 1.29 is 4.79 Å². The molecule has 4 atom stereocenters. The van der Waals surface area contributed by atoms with Crippen LogP contribution in [0.25, 0.3) is 0 Å². The van der Waals surface area contributed by atoms with Gasteiger partial charge in [-0.3, -0.25) is 9.69 Å². The van der Waals surface area contributed by atoms with Gasteiger partial charge in [-0.05, 0) is 44.6 Å². The Labute approximate surface area is 119 Å². The zero-order valence-electron chi connectivity index (χ0n) is 13.6. The molecular weight excluding hydrogens is 234 g/mol. The topological polar surface area (TPSA) is 20.3 Å². The summed E-state index contributed by atoms with van der Waals surface area (Å²) in [6, 6.07) is 0.603. The maximum absolute atomic E-state index is 12.3. The lowest BCUT2D eigenvalue weighted by atomic mass is 9.74. The molecule has 0 aromatic carbocycles. The van der Waals surface area contributed by atoms with Crippen molar-refractivity contribution in [3.63, 3.8) is 0 Å². The largest absolute Gasteiger partial charge is 0.300 e. The Kier molecular flexibility index (Phi) is 7.06. The van der Waals surface area contributed by atoms with Crippen molar-refractivity contribution in [2.45, 2.75) is 72.8 Å². The Morgan fingerprint density at radius 2 is 2.00 bits per heavy atom. The zero-order chi connectivity index (χ0) is 14.4. The number of hydrogen-bond acceptors (Lipinski definition) is 2. The average Bonchev–Trinajstić information content (AvgIpc) is 2.36. The number of hydrogen-bond donors (Lipinski definition) is 0. The lowest BCUT2D eigenvalue weighted by Gasteiger charge is -2.37. The monoisotopic (exact) mass is 267 g/mol. The highest BCUT2D eigenvalue weighted by molar-refractivity contribution is 5.82. The third kappa shape index (κ3) is 4.91. The first-order valence-electron chi connectivity index (χ1n) is 8.26. The first kappa shape index (κ1) is 16.7. The number of Topliss-reactive ketones (excluding diaryl/α,β-unsaturated/α-hetero) is 1. The second kappa shape index (κ2) is 8.04. The molecule has 2 heteroatoms. The zero-order valence-corrected chi connectivity index (χ0v) is 13.6. The van der Waals surface area contributed by atoms with Crippen molar-refractivity contribution >= 4 is 5.78 Å². The first-order chi connectivity index (χ1) is 8.99. The minimum Gasteiger partial charge on any atom is -0.300 e. The molecule has 0 saturated heterocycles. The second-order valence-electron chi connectivity index (χ2n) is 6.70. The van der Waals surface area contributed by atoms with Gasteiger partial charge in [0.1, 0.15) is 5.78 Å². The molecular formula is C17H33NO. The fraction of sp³-hybridized carbons (Fsp3) is 0.941. The Morgan fingerprint density at radius 3 is 2.53 bits per heavy atom. The average molecular weight is 267 g/mol. The number of carbonyl (C=O) groups is 1. The molecule has 0 aromatic rings. The minimum atomic E-state index is 0.280. The van der Waals surface area contributed by atoms with Gasteiger partial charge in [-0.15, -0.1) is 0 Å². The SMILES string of the molecule is CCCCN(CC1C(=O)CC(C)CC1C)C(C)CC. The third-order valence-corrected chi connectivity index (χ3v) is 4.87. The van der Waals surface area contributed by atoms with Crippen molar-refractivity contribution in [2.24, 2.45) is 17.8 Å². The van der Waals surface area contributed by atoms with Gasteiger partial charge < -0.3 is 0 Å². The number of rotatable bonds is 7. The van der Waals surface area contributed by atoms with E-state index in [4.69, 9.17) is 0 Å². The molecule has 0 spiro atoms. The molecule has 0 bridgehead atoms. The number of nitrogens with zero attached hydrogens (tertiary/aromatic N) is 1. The summed E-state index contributed by atoms with van der Waals surface area (Å²) in [6.45, 7) is 13.4. The van der Waals surface area contributed by atoms with E-state index in [-0.39, 0.29) is 5.92 Å². The van der Waals surface area contributed by atoms with Crippen LogP contribution >= 0.6 is 0 Å². The maximum Gasteiger partial charge on any atom is 0.137 e. The molecule has 1 fully saturated rings. The summed E-state index contributed by atoms with van der Waals surface area (Å²) in [5.74, 6) is 1.94. The lowest BCUT2D eigenvalue weighted by molar-refractivity contribution is -0.129. The van der Waals surface area contributed by atoms with Crippen molar-refractivity contribution in [2.75, 3.05) is 13.1 Å². The Balaban J connectivity index is 2.63. The second-order valence-corrected chi connectivity index (χ2v) is 6.70.